The van der Waals surface area contributed by atoms with Crippen molar-refractivity contribution in [3.8, 4) is 0 Å². The van der Waals surface area contributed by atoms with Crippen molar-refractivity contribution in [2.75, 3.05) is 18.0 Å². The zero-order valence-electron chi connectivity index (χ0n) is 14.7. The van der Waals surface area contributed by atoms with Gasteiger partial charge in [0, 0.05) is 36.3 Å². The minimum atomic E-state index is -1.35. The number of aromatic carboxylic acids is 1. The number of aromatic amines is 1. The maximum absolute atomic E-state index is 15.3. The number of halogens is 2. The van der Waals surface area contributed by atoms with Gasteiger partial charge in [-0.15, -0.1) is 11.6 Å². The van der Waals surface area contributed by atoms with E-state index in [1.165, 1.54) is 0 Å². The van der Waals surface area contributed by atoms with Crippen LogP contribution in [0, 0.1) is 5.82 Å². The number of alkyl halides is 1. The Morgan fingerprint density at radius 2 is 2.15 bits per heavy atom. The average molecular weight is 394 g/mol. The van der Waals surface area contributed by atoms with E-state index in [0.29, 0.717) is 42.7 Å². The topological polar surface area (TPSA) is 99.4 Å². The Morgan fingerprint density at radius 1 is 1.41 bits per heavy atom. The first-order valence-electron chi connectivity index (χ1n) is 9.13. The lowest BCUT2D eigenvalue weighted by atomic mass is 9.99. The van der Waals surface area contributed by atoms with Crippen LogP contribution in [0.3, 0.4) is 0 Å². The van der Waals surface area contributed by atoms with Crippen LogP contribution < -0.4 is 16.1 Å². The Kier molecular flexibility index (Phi) is 4.39. The summed E-state index contributed by atoms with van der Waals surface area (Å²) in [5.41, 5.74) is 6.36. The lowest BCUT2D eigenvalue weighted by Crippen LogP contribution is -2.37. The molecule has 1 unspecified atom stereocenters. The third-order valence-electron chi connectivity index (χ3n) is 5.50. The summed E-state index contributed by atoms with van der Waals surface area (Å²) in [6.07, 6.45) is 5.26. The highest BCUT2D eigenvalue weighted by Crippen LogP contribution is 2.57. The molecule has 8 heteroatoms. The highest BCUT2D eigenvalue weighted by Gasteiger charge is 2.47. The normalized spacial score (nSPS) is 21.9. The molecular formula is C19H21ClFN3O3. The first-order chi connectivity index (χ1) is 12.8. The van der Waals surface area contributed by atoms with E-state index < -0.39 is 27.7 Å². The van der Waals surface area contributed by atoms with Gasteiger partial charge < -0.3 is 20.7 Å². The maximum Gasteiger partial charge on any atom is 0.341 e. The van der Waals surface area contributed by atoms with Crippen LogP contribution in [0.5, 0.6) is 0 Å². The van der Waals surface area contributed by atoms with E-state index in [-0.39, 0.29) is 11.4 Å². The standard InChI is InChI=1S/C19H21ClFN3O3/c20-19(4-5-19)14-15-11(17(25)12(8-23-15)18(26)27)7-13(21)16(14)24-6-2-1-3-10(22)9-24/h7-8,10H,1-6,9,22H2,(H,23,25)(H,26,27). The number of hydrogen-bond donors (Lipinski definition) is 3. The quantitative estimate of drug-likeness (QED) is 0.696. The predicted octanol–water partition coefficient (Wildman–Crippen LogP) is 2.91. The van der Waals surface area contributed by atoms with Gasteiger partial charge in [0.2, 0.25) is 5.43 Å². The molecule has 0 amide bonds. The Labute approximate surface area is 160 Å². The number of nitrogens with one attached hydrogen (secondary N) is 1. The zero-order valence-corrected chi connectivity index (χ0v) is 15.5. The molecule has 1 aromatic carbocycles. The summed E-state index contributed by atoms with van der Waals surface area (Å²) in [5.74, 6) is -1.92. The number of nitrogens with two attached hydrogens (primary N) is 1. The van der Waals surface area contributed by atoms with Gasteiger partial charge in [0.1, 0.15) is 11.4 Å². The monoisotopic (exact) mass is 393 g/mol. The van der Waals surface area contributed by atoms with E-state index in [1.807, 2.05) is 4.90 Å². The highest BCUT2D eigenvalue weighted by atomic mass is 35.5. The molecule has 0 bridgehead atoms. The summed E-state index contributed by atoms with van der Waals surface area (Å²) in [6.45, 7) is 1.17. The van der Waals surface area contributed by atoms with E-state index in [9.17, 15) is 14.7 Å². The molecular weight excluding hydrogens is 373 g/mol. The van der Waals surface area contributed by atoms with Gasteiger partial charge in [-0.2, -0.15) is 0 Å². The second-order valence-electron chi connectivity index (χ2n) is 7.51. The van der Waals surface area contributed by atoms with E-state index in [1.54, 1.807) is 0 Å². The van der Waals surface area contributed by atoms with Crippen molar-refractivity contribution < 1.29 is 14.3 Å². The van der Waals surface area contributed by atoms with Gasteiger partial charge in [0.15, 0.2) is 0 Å². The summed E-state index contributed by atoms with van der Waals surface area (Å²) in [4.78, 5) is 27.9. The number of carbonyl (C=O) groups is 1. The number of nitrogens with zero attached hydrogens (tertiary/aromatic N) is 1. The van der Waals surface area contributed by atoms with Crippen LogP contribution in [0.1, 0.15) is 48.0 Å². The molecule has 6 nitrogen and oxygen atoms in total. The number of benzene rings is 1. The molecule has 1 saturated carbocycles. The fourth-order valence-electron chi connectivity index (χ4n) is 3.97. The first-order valence-corrected chi connectivity index (χ1v) is 9.51. The van der Waals surface area contributed by atoms with Crippen molar-refractivity contribution in [2.45, 2.75) is 43.0 Å². The average Bonchev–Trinajstić information content (AvgIpc) is 3.38. The second-order valence-corrected chi connectivity index (χ2v) is 8.23. The summed E-state index contributed by atoms with van der Waals surface area (Å²) < 4.78 is 15.3. The smallest absolute Gasteiger partial charge is 0.341 e. The minimum Gasteiger partial charge on any atom is -0.477 e. The third-order valence-corrected chi connectivity index (χ3v) is 6.06. The van der Waals surface area contributed by atoms with Crippen LogP contribution in [0.25, 0.3) is 10.9 Å². The fourth-order valence-corrected chi connectivity index (χ4v) is 4.24. The summed E-state index contributed by atoms with van der Waals surface area (Å²) in [6, 6.07) is 1.06. The van der Waals surface area contributed by atoms with Gasteiger partial charge in [0.25, 0.3) is 0 Å². The number of anilines is 1. The van der Waals surface area contributed by atoms with E-state index in [2.05, 4.69) is 4.98 Å². The lowest BCUT2D eigenvalue weighted by molar-refractivity contribution is 0.0695. The van der Waals surface area contributed by atoms with Gasteiger partial charge in [-0.3, -0.25) is 4.79 Å². The molecule has 2 heterocycles. The third kappa shape index (κ3) is 3.08. The molecule has 1 aromatic heterocycles. The number of rotatable bonds is 3. The second kappa shape index (κ2) is 6.49. The molecule has 4 N–H and O–H groups in total. The molecule has 4 rings (SSSR count). The number of hydrogen-bond acceptors (Lipinski definition) is 4. The number of pyridine rings is 1. The lowest BCUT2D eigenvalue weighted by Gasteiger charge is -2.30. The Bertz CT molecular complexity index is 986. The molecule has 0 spiro atoms. The SMILES string of the molecule is NC1CCCCN(c2c(F)cc3c(=O)c(C(=O)O)c[nH]c3c2C2(Cl)CC2)C1. The van der Waals surface area contributed by atoms with Crippen molar-refractivity contribution in [3.05, 3.63) is 39.4 Å². The van der Waals surface area contributed by atoms with Crippen molar-refractivity contribution in [3.63, 3.8) is 0 Å². The number of fused-ring (bicyclic) bond motifs is 1. The van der Waals surface area contributed by atoms with Crippen molar-refractivity contribution in [1.82, 2.24) is 4.98 Å². The van der Waals surface area contributed by atoms with Gasteiger partial charge in [-0.25, -0.2) is 9.18 Å². The van der Waals surface area contributed by atoms with Crippen molar-refractivity contribution in [1.29, 1.82) is 0 Å². The number of H-pyrrole nitrogens is 1. The molecule has 27 heavy (non-hydrogen) atoms. The summed E-state index contributed by atoms with van der Waals surface area (Å²) in [5, 5.41) is 9.20. The van der Waals surface area contributed by atoms with Gasteiger partial charge in [0.05, 0.1) is 16.1 Å². The van der Waals surface area contributed by atoms with E-state index >= 15 is 4.39 Å². The first kappa shape index (κ1) is 18.3. The van der Waals surface area contributed by atoms with Crippen LogP contribution in [-0.2, 0) is 4.87 Å². The van der Waals surface area contributed by atoms with Crippen LogP contribution in [0.15, 0.2) is 17.1 Å². The predicted molar refractivity (Wildman–Crippen MR) is 102 cm³/mol. The van der Waals surface area contributed by atoms with Crippen LogP contribution in [0.2, 0.25) is 0 Å². The molecule has 2 aliphatic rings. The molecule has 1 aliphatic carbocycles. The molecule has 1 saturated heterocycles. The zero-order chi connectivity index (χ0) is 19.3. The largest absolute Gasteiger partial charge is 0.477 e. The Morgan fingerprint density at radius 3 is 2.81 bits per heavy atom. The van der Waals surface area contributed by atoms with Crippen LogP contribution >= 0.6 is 11.6 Å². The fraction of sp³-hybridized carbons (Fsp3) is 0.474. The van der Waals surface area contributed by atoms with Crippen molar-refractivity contribution >= 4 is 34.2 Å². The number of carboxylic acids is 1. The number of carboxylic acid groups (broad SMARTS) is 1. The Balaban J connectivity index is 1.99. The number of aromatic nitrogens is 1. The molecule has 2 aromatic rings. The summed E-state index contributed by atoms with van der Waals surface area (Å²) in [7, 11) is 0. The maximum atomic E-state index is 15.3. The Hall–Kier alpha value is -2.12. The van der Waals surface area contributed by atoms with E-state index in [4.69, 9.17) is 17.3 Å². The molecule has 0 radical (unpaired) electrons. The minimum absolute atomic E-state index is 0.0113. The van der Waals surface area contributed by atoms with Gasteiger partial charge >= 0.3 is 5.97 Å². The molecule has 1 aliphatic heterocycles. The molecule has 144 valence electrons. The molecule has 2 fully saturated rings. The highest BCUT2D eigenvalue weighted by molar-refractivity contribution is 6.27. The van der Waals surface area contributed by atoms with Gasteiger partial charge in [-0.1, -0.05) is 6.42 Å². The van der Waals surface area contributed by atoms with Crippen molar-refractivity contribution in [2.24, 2.45) is 5.73 Å². The van der Waals surface area contributed by atoms with Crippen LogP contribution in [0.4, 0.5) is 10.1 Å². The molecule has 1 atom stereocenters. The van der Waals surface area contributed by atoms with Gasteiger partial charge in [-0.05, 0) is 31.7 Å². The van der Waals surface area contributed by atoms with Crippen LogP contribution in [-0.4, -0.2) is 35.2 Å². The van der Waals surface area contributed by atoms with E-state index in [0.717, 1.165) is 31.5 Å². The summed E-state index contributed by atoms with van der Waals surface area (Å²) >= 11 is 6.71.